The van der Waals surface area contributed by atoms with Gasteiger partial charge in [-0.1, -0.05) is 42.5 Å². The normalized spacial score (nSPS) is 11.6. The monoisotopic (exact) mass is 446 g/mol. The van der Waals surface area contributed by atoms with Gasteiger partial charge in [0.2, 0.25) is 11.6 Å². The fourth-order valence-electron chi connectivity index (χ4n) is 2.53. The molecule has 0 saturated carbocycles. The van der Waals surface area contributed by atoms with E-state index in [0.717, 1.165) is 17.7 Å². The van der Waals surface area contributed by atoms with Crippen LogP contribution in [0.1, 0.15) is 16.7 Å². The Balaban J connectivity index is 1.70. The second-order valence-electron chi connectivity index (χ2n) is 6.21. The van der Waals surface area contributed by atoms with Crippen molar-refractivity contribution in [1.82, 2.24) is 0 Å². The standard InChI is InChI=1S/C21H13F7O3/c22-16-15(21(26,27)28)20(19(25)18(24)17(16)23)31-14-8-6-13(7-9-14)11-30-29-10-12-4-2-1-3-5-12/h1-9H,10-11H2. The Kier molecular flexibility index (Phi) is 6.81. The average Bonchev–Trinajstić information content (AvgIpc) is 2.74. The van der Waals surface area contributed by atoms with Gasteiger partial charge in [0.15, 0.2) is 17.4 Å². The minimum Gasteiger partial charge on any atom is -0.453 e. The number of hydrogen-bond donors (Lipinski definition) is 0. The van der Waals surface area contributed by atoms with Gasteiger partial charge in [0, 0.05) is 0 Å². The lowest BCUT2D eigenvalue weighted by atomic mass is 10.1. The van der Waals surface area contributed by atoms with Crippen LogP contribution in [0, 0.1) is 23.3 Å². The molecule has 0 aliphatic carbocycles. The van der Waals surface area contributed by atoms with E-state index < -0.39 is 40.8 Å². The van der Waals surface area contributed by atoms with Crippen molar-refractivity contribution in [1.29, 1.82) is 0 Å². The molecular formula is C21H13F7O3. The van der Waals surface area contributed by atoms with Crippen molar-refractivity contribution in [2.75, 3.05) is 0 Å². The van der Waals surface area contributed by atoms with Crippen molar-refractivity contribution in [2.45, 2.75) is 19.4 Å². The van der Waals surface area contributed by atoms with Crippen LogP contribution in [-0.4, -0.2) is 0 Å². The Bertz CT molecular complexity index is 1040. The van der Waals surface area contributed by atoms with E-state index in [-0.39, 0.29) is 19.0 Å². The fourth-order valence-corrected chi connectivity index (χ4v) is 2.53. The van der Waals surface area contributed by atoms with Crippen LogP contribution in [0.3, 0.4) is 0 Å². The first-order valence-corrected chi connectivity index (χ1v) is 8.66. The van der Waals surface area contributed by atoms with E-state index in [2.05, 4.69) is 0 Å². The highest BCUT2D eigenvalue weighted by atomic mass is 19.4. The second-order valence-corrected chi connectivity index (χ2v) is 6.21. The van der Waals surface area contributed by atoms with Gasteiger partial charge in [0.25, 0.3) is 0 Å². The minimum atomic E-state index is -5.53. The number of alkyl halides is 3. The van der Waals surface area contributed by atoms with Crippen molar-refractivity contribution in [3.8, 4) is 11.5 Å². The third kappa shape index (κ3) is 5.33. The molecule has 3 rings (SSSR count). The molecule has 0 aliphatic rings. The molecule has 164 valence electrons. The first kappa shape index (κ1) is 22.6. The summed E-state index contributed by atoms with van der Waals surface area (Å²) < 4.78 is 98.1. The highest BCUT2D eigenvalue weighted by molar-refractivity contribution is 5.43. The van der Waals surface area contributed by atoms with Crippen LogP contribution < -0.4 is 4.74 Å². The smallest absolute Gasteiger partial charge is 0.423 e. The van der Waals surface area contributed by atoms with Crippen LogP contribution in [0.4, 0.5) is 30.7 Å². The van der Waals surface area contributed by atoms with E-state index in [4.69, 9.17) is 14.5 Å². The zero-order valence-corrected chi connectivity index (χ0v) is 15.5. The molecule has 31 heavy (non-hydrogen) atoms. The largest absolute Gasteiger partial charge is 0.453 e. The molecule has 0 unspecified atom stereocenters. The molecule has 0 heterocycles. The lowest BCUT2D eigenvalue weighted by Gasteiger charge is -2.16. The van der Waals surface area contributed by atoms with Crippen molar-refractivity contribution >= 4 is 0 Å². The zero-order valence-electron chi connectivity index (χ0n) is 15.5. The van der Waals surface area contributed by atoms with Crippen LogP contribution in [0.2, 0.25) is 0 Å². The molecule has 0 aliphatic heterocycles. The van der Waals surface area contributed by atoms with E-state index in [9.17, 15) is 30.7 Å². The topological polar surface area (TPSA) is 27.7 Å². The molecule has 3 aromatic carbocycles. The maximum atomic E-state index is 13.9. The van der Waals surface area contributed by atoms with Crippen LogP contribution in [0.15, 0.2) is 54.6 Å². The highest BCUT2D eigenvalue weighted by Crippen LogP contribution is 2.43. The molecule has 0 atom stereocenters. The maximum Gasteiger partial charge on any atom is 0.423 e. The van der Waals surface area contributed by atoms with E-state index >= 15 is 0 Å². The van der Waals surface area contributed by atoms with Crippen molar-refractivity contribution < 1.29 is 45.2 Å². The Morgan fingerprint density at radius 2 is 1.13 bits per heavy atom. The minimum absolute atomic E-state index is 0.0327. The maximum absolute atomic E-state index is 13.9. The third-order valence-corrected chi connectivity index (χ3v) is 4.03. The van der Waals surface area contributed by atoms with Gasteiger partial charge < -0.3 is 4.74 Å². The van der Waals surface area contributed by atoms with Gasteiger partial charge >= 0.3 is 6.18 Å². The Morgan fingerprint density at radius 1 is 0.613 bits per heavy atom. The molecular weight excluding hydrogens is 433 g/mol. The molecule has 0 N–H and O–H groups in total. The number of halogens is 7. The molecule has 0 spiro atoms. The molecule has 0 radical (unpaired) electrons. The first-order chi connectivity index (χ1) is 14.7. The van der Waals surface area contributed by atoms with Gasteiger partial charge in [-0.3, -0.25) is 0 Å². The number of benzene rings is 3. The van der Waals surface area contributed by atoms with Gasteiger partial charge in [-0.25, -0.2) is 22.9 Å². The summed E-state index contributed by atoms with van der Waals surface area (Å²) in [6, 6.07) is 14.1. The van der Waals surface area contributed by atoms with Crippen LogP contribution >= 0.6 is 0 Å². The van der Waals surface area contributed by atoms with E-state index in [0.29, 0.717) is 5.56 Å². The second kappa shape index (κ2) is 9.36. The predicted octanol–water partition coefficient (Wildman–Crippen LogP) is 6.70. The highest BCUT2D eigenvalue weighted by Gasteiger charge is 2.43. The number of rotatable bonds is 7. The van der Waals surface area contributed by atoms with E-state index in [1.165, 1.54) is 12.1 Å². The van der Waals surface area contributed by atoms with Crippen molar-refractivity contribution in [2.24, 2.45) is 0 Å². The zero-order chi connectivity index (χ0) is 22.6. The molecule has 10 heteroatoms. The predicted molar refractivity (Wildman–Crippen MR) is 93.8 cm³/mol. The Morgan fingerprint density at radius 3 is 1.68 bits per heavy atom. The summed E-state index contributed by atoms with van der Waals surface area (Å²) in [5, 5.41) is 0. The van der Waals surface area contributed by atoms with Crippen molar-refractivity contribution in [3.05, 3.63) is 94.6 Å². The molecule has 0 fully saturated rings. The Hall–Kier alpha value is -3.11. The summed E-state index contributed by atoms with van der Waals surface area (Å²) in [6.45, 7) is 0.151. The lowest BCUT2D eigenvalue weighted by Crippen LogP contribution is -2.15. The van der Waals surface area contributed by atoms with Crippen LogP contribution in [0.5, 0.6) is 11.5 Å². The summed E-state index contributed by atoms with van der Waals surface area (Å²) in [7, 11) is 0. The molecule has 3 nitrogen and oxygen atoms in total. The summed E-state index contributed by atoms with van der Waals surface area (Å²) in [4.78, 5) is 10.1. The Labute approximate surface area is 171 Å². The van der Waals surface area contributed by atoms with Gasteiger partial charge in [-0.05, 0) is 23.3 Å². The summed E-state index contributed by atoms with van der Waals surface area (Å²) in [5.74, 6) is -12.1. The lowest BCUT2D eigenvalue weighted by molar-refractivity contribution is -0.313. The van der Waals surface area contributed by atoms with Crippen LogP contribution in [0.25, 0.3) is 0 Å². The summed E-state index contributed by atoms with van der Waals surface area (Å²) >= 11 is 0. The average molecular weight is 446 g/mol. The van der Waals surface area contributed by atoms with Gasteiger partial charge in [-0.15, -0.1) is 0 Å². The van der Waals surface area contributed by atoms with Gasteiger partial charge in [0.1, 0.15) is 24.5 Å². The van der Waals surface area contributed by atoms with Gasteiger partial charge in [-0.2, -0.15) is 17.6 Å². The summed E-state index contributed by atoms with van der Waals surface area (Å²) in [5.41, 5.74) is -1.01. The molecule has 0 saturated heterocycles. The first-order valence-electron chi connectivity index (χ1n) is 8.66. The molecule has 3 aromatic rings. The van der Waals surface area contributed by atoms with Crippen LogP contribution in [-0.2, 0) is 29.2 Å². The fraction of sp³-hybridized carbons (Fsp3) is 0.143. The quantitative estimate of drug-likeness (QED) is 0.101. The molecule has 0 bridgehead atoms. The third-order valence-electron chi connectivity index (χ3n) is 4.03. The van der Waals surface area contributed by atoms with Gasteiger partial charge in [0.05, 0.1) is 0 Å². The van der Waals surface area contributed by atoms with E-state index in [1.54, 1.807) is 0 Å². The SMILES string of the molecule is Fc1c(F)c(F)c(C(F)(F)F)c(Oc2ccc(COOCc3ccccc3)cc2)c1F. The van der Waals surface area contributed by atoms with Crippen molar-refractivity contribution in [3.63, 3.8) is 0 Å². The van der Waals surface area contributed by atoms with E-state index in [1.807, 2.05) is 30.3 Å². The molecule has 0 aromatic heterocycles. The number of ether oxygens (including phenoxy) is 1. The number of hydrogen-bond acceptors (Lipinski definition) is 3. The molecule has 0 amide bonds. The summed E-state index contributed by atoms with van der Waals surface area (Å²) in [6.07, 6.45) is -5.53.